The Hall–Kier alpha value is -0.580. The molecular formula is C8H6BrClN2O. The SMILES string of the molecule is OCc1[nH]c2nc(Br)ccc2c1Cl. The van der Waals surface area contributed by atoms with E-state index in [4.69, 9.17) is 16.7 Å². The Kier molecular flexibility index (Phi) is 2.27. The molecule has 2 heterocycles. The van der Waals surface area contributed by atoms with Gasteiger partial charge in [0, 0.05) is 5.39 Å². The number of aromatic amines is 1. The van der Waals surface area contributed by atoms with Crippen LogP contribution in [0.1, 0.15) is 5.69 Å². The summed E-state index contributed by atoms with van der Waals surface area (Å²) in [5, 5.41) is 10.3. The molecule has 0 aliphatic carbocycles. The van der Waals surface area contributed by atoms with Crippen LogP contribution < -0.4 is 0 Å². The molecule has 0 saturated heterocycles. The fraction of sp³-hybridized carbons (Fsp3) is 0.125. The molecule has 0 fully saturated rings. The molecule has 0 unspecified atom stereocenters. The van der Waals surface area contributed by atoms with Gasteiger partial charge in [-0.05, 0) is 28.1 Å². The van der Waals surface area contributed by atoms with Crippen LogP contribution in [-0.2, 0) is 6.61 Å². The molecule has 0 aliphatic heterocycles. The van der Waals surface area contributed by atoms with Crippen molar-refractivity contribution in [3.8, 4) is 0 Å². The standard InChI is InChI=1S/C8H6BrClN2O/c9-6-2-1-4-7(10)5(3-13)11-8(4)12-6/h1-2,13H,3H2,(H,11,12). The van der Waals surface area contributed by atoms with Gasteiger partial charge in [0.15, 0.2) is 0 Å². The van der Waals surface area contributed by atoms with Crippen LogP contribution in [0.3, 0.4) is 0 Å². The Morgan fingerprint density at radius 1 is 1.54 bits per heavy atom. The second kappa shape index (κ2) is 3.29. The van der Waals surface area contributed by atoms with Crippen molar-refractivity contribution in [2.45, 2.75) is 6.61 Å². The summed E-state index contributed by atoms with van der Waals surface area (Å²) in [6.07, 6.45) is 0. The van der Waals surface area contributed by atoms with Gasteiger partial charge < -0.3 is 10.1 Å². The summed E-state index contributed by atoms with van der Waals surface area (Å²) < 4.78 is 0.738. The summed E-state index contributed by atoms with van der Waals surface area (Å²) in [5.41, 5.74) is 1.28. The van der Waals surface area contributed by atoms with E-state index >= 15 is 0 Å². The zero-order valence-corrected chi connectivity index (χ0v) is 8.85. The highest BCUT2D eigenvalue weighted by atomic mass is 79.9. The van der Waals surface area contributed by atoms with Crippen LogP contribution in [0.5, 0.6) is 0 Å². The van der Waals surface area contributed by atoms with E-state index in [1.54, 1.807) is 0 Å². The maximum Gasteiger partial charge on any atom is 0.140 e. The van der Waals surface area contributed by atoms with Crippen molar-refractivity contribution in [1.82, 2.24) is 9.97 Å². The molecule has 0 saturated carbocycles. The molecule has 2 aromatic rings. The minimum Gasteiger partial charge on any atom is -0.390 e. The van der Waals surface area contributed by atoms with Gasteiger partial charge in [-0.15, -0.1) is 0 Å². The smallest absolute Gasteiger partial charge is 0.140 e. The van der Waals surface area contributed by atoms with Crippen molar-refractivity contribution >= 4 is 38.6 Å². The van der Waals surface area contributed by atoms with Crippen LogP contribution in [0.15, 0.2) is 16.7 Å². The Morgan fingerprint density at radius 2 is 2.31 bits per heavy atom. The Balaban J connectivity index is 2.76. The van der Waals surface area contributed by atoms with E-state index in [0.717, 1.165) is 9.99 Å². The first-order valence-corrected chi connectivity index (χ1v) is 4.83. The van der Waals surface area contributed by atoms with Gasteiger partial charge in [0.1, 0.15) is 10.3 Å². The molecule has 68 valence electrons. The lowest BCUT2D eigenvalue weighted by atomic mass is 10.3. The Bertz CT molecular complexity index is 455. The number of fused-ring (bicyclic) bond motifs is 1. The summed E-state index contributed by atoms with van der Waals surface area (Å²) in [7, 11) is 0. The van der Waals surface area contributed by atoms with Gasteiger partial charge in [-0.25, -0.2) is 4.98 Å². The predicted octanol–water partition coefficient (Wildman–Crippen LogP) is 2.47. The molecule has 13 heavy (non-hydrogen) atoms. The van der Waals surface area contributed by atoms with Gasteiger partial charge >= 0.3 is 0 Å². The minimum atomic E-state index is -0.104. The number of nitrogens with zero attached hydrogens (tertiary/aromatic N) is 1. The third-order valence-electron chi connectivity index (χ3n) is 1.79. The van der Waals surface area contributed by atoms with Crippen LogP contribution >= 0.6 is 27.5 Å². The predicted molar refractivity (Wildman–Crippen MR) is 54.7 cm³/mol. The molecule has 2 rings (SSSR count). The lowest BCUT2D eigenvalue weighted by Gasteiger charge is -1.89. The van der Waals surface area contributed by atoms with E-state index in [2.05, 4.69) is 25.9 Å². The molecule has 0 spiro atoms. The van der Waals surface area contributed by atoms with Crippen molar-refractivity contribution in [3.05, 3.63) is 27.5 Å². The molecule has 2 aromatic heterocycles. The number of pyridine rings is 1. The number of nitrogens with one attached hydrogen (secondary N) is 1. The lowest BCUT2D eigenvalue weighted by Crippen LogP contribution is -1.82. The summed E-state index contributed by atoms with van der Waals surface area (Å²) in [4.78, 5) is 7.10. The first-order chi connectivity index (χ1) is 6.22. The van der Waals surface area contributed by atoms with E-state index in [1.165, 1.54) is 0 Å². The topological polar surface area (TPSA) is 48.9 Å². The van der Waals surface area contributed by atoms with Crippen LogP contribution in [0.4, 0.5) is 0 Å². The van der Waals surface area contributed by atoms with Crippen LogP contribution in [0, 0.1) is 0 Å². The van der Waals surface area contributed by atoms with E-state index in [0.29, 0.717) is 16.4 Å². The average molecular weight is 262 g/mol. The number of halogens is 2. The van der Waals surface area contributed by atoms with Gasteiger partial charge in [-0.1, -0.05) is 11.6 Å². The number of rotatable bonds is 1. The fourth-order valence-corrected chi connectivity index (χ4v) is 1.75. The number of aliphatic hydroxyl groups is 1. The molecule has 5 heteroatoms. The van der Waals surface area contributed by atoms with Crippen molar-refractivity contribution in [1.29, 1.82) is 0 Å². The zero-order valence-electron chi connectivity index (χ0n) is 6.51. The summed E-state index contributed by atoms with van der Waals surface area (Å²) in [6, 6.07) is 3.66. The highest BCUT2D eigenvalue weighted by Gasteiger charge is 2.09. The van der Waals surface area contributed by atoms with Crippen LogP contribution in [0.25, 0.3) is 11.0 Å². The lowest BCUT2D eigenvalue weighted by molar-refractivity contribution is 0.278. The maximum absolute atomic E-state index is 8.93. The van der Waals surface area contributed by atoms with Crippen molar-refractivity contribution < 1.29 is 5.11 Å². The van der Waals surface area contributed by atoms with Crippen LogP contribution in [-0.4, -0.2) is 15.1 Å². The Labute approximate surface area is 87.9 Å². The second-order valence-corrected chi connectivity index (χ2v) is 3.80. The van der Waals surface area contributed by atoms with Crippen molar-refractivity contribution in [2.75, 3.05) is 0 Å². The number of aromatic nitrogens is 2. The molecule has 0 amide bonds. The molecule has 0 atom stereocenters. The van der Waals surface area contributed by atoms with Crippen molar-refractivity contribution in [3.63, 3.8) is 0 Å². The fourth-order valence-electron chi connectivity index (χ4n) is 1.18. The highest BCUT2D eigenvalue weighted by Crippen LogP contribution is 2.27. The molecule has 3 nitrogen and oxygen atoms in total. The largest absolute Gasteiger partial charge is 0.390 e. The molecule has 2 N–H and O–H groups in total. The van der Waals surface area contributed by atoms with E-state index in [9.17, 15) is 0 Å². The first kappa shape index (κ1) is 8.99. The first-order valence-electron chi connectivity index (χ1n) is 3.66. The van der Waals surface area contributed by atoms with Gasteiger partial charge in [-0.2, -0.15) is 0 Å². The van der Waals surface area contributed by atoms with E-state index in [-0.39, 0.29) is 6.61 Å². The molecule has 0 aliphatic rings. The third kappa shape index (κ3) is 1.45. The summed E-state index contributed by atoms with van der Waals surface area (Å²) in [6.45, 7) is -0.104. The van der Waals surface area contributed by atoms with E-state index in [1.807, 2.05) is 12.1 Å². The summed E-state index contributed by atoms with van der Waals surface area (Å²) in [5.74, 6) is 0. The van der Waals surface area contributed by atoms with Gasteiger partial charge in [0.2, 0.25) is 0 Å². The number of hydrogen-bond donors (Lipinski definition) is 2. The number of H-pyrrole nitrogens is 1. The number of aliphatic hydroxyl groups excluding tert-OH is 1. The van der Waals surface area contributed by atoms with Gasteiger partial charge in [0.25, 0.3) is 0 Å². The van der Waals surface area contributed by atoms with Crippen molar-refractivity contribution in [2.24, 2.45) is 0 Å². The monoisotopic (exact) mass is 260 g/mol. The average Bonchev–Trinajstić information content (AvgIpc) is 2.42. The quantitative estimate of drug-likeness (QED) is 0.775. The molecule has 0 aromatic carbocycles. The number of hydrogen-bond acceptors (Lipinski definition) is 2. The third-order valence-corrected chi connectivity index (χ3v) is 2.66. The molecule has 0 radical (unpaired) electrons. The second-order valence-electron chi connectivity index (χ2n) is 2.61. The van der Waals surface area contributed by atoms with Gasteiger partial charge in [0.05, 0.1) is 17.3 Å². The van der Waals surface area contributed by atoms with Crippen LogP contribution in [0.2, 0.25) is 5.02 Å². The normalized spacial score (nSPS) is 11.0. The molecular weight excluding hydrogens is 255 g/mol. The van der Waals surface area contributed by atoms with E-state index < -0.39 is 0 Å². The minimum absolute atomic E-state index is 0.104. The maximum atomic E-state index is 8.93. The summed E-state index contributed by atoms with van der Waals surface area (Å²) >= 11 is 9.21. The Morgan fingerprint density at radius 3 is 3.00 bits per heavy atom. The highest BCUT2D eigenvalue weighted by molar-refractivity contribution is 9.10. The zero-order chi connectivity index (χ0) is 9.42. The molecule has 0 bridgehead atoms. The van der Waals surface area contributed by atoms with Gasteiger partial charge in [-0.3, -0.25) is 0 Å².